The molecule has 0 aliphatic carbocycles. The summed E-state index contributed by atoms with van der Waals surface area (Å²) in [5, 5.41) is 3.70. The summed E-state index contributed by atoms with van der Waals surface area (Å²) in [6.07, 6.45) is 3.73. The minimum atomic E-state index is -0.198. The van der Waals surface area contributed by atoms with Crippen LogP contribution < -0.4 is 10.5 Å². The fourth-order valence-corrected chi connectivity index (χ4v) is 3.75. The number of morpholine rings is 1. The Morgan fingerprint density at radius 2 is 1.96 bits per heavy atom. The summed E-state index contributed by atoms with van der Waals surface area (Å²) in [6, 6.07) is 6.93. The number of fused-ring (bicyclic) bond motifs is 2. The molecule has 0 bridgehead atoms. The average Bonchev–Trinajstić information content (AvgIpc) is 3.23. The van der Waals surface area contributed by atoms with E-state index in [4.69, 9.17) is 9.15 Å². The highest BCUT2D eigenvalue weighted by Crippen LogP contribution is 2.33. The molecule has 0 saturated carbocycles. The molecule has 1 saturated heterocycles. The Bertz CT molecular complexity index is 1180. The maximum Gasteiger partial charge on any atom is 0.263 e. The van der Waals surface area contributed by atoms with Crippen molar-refractivity contribution in [2.24, 2.45) is 0 Å². The van der Waals surface area contributed by atoms with Crippen LogP contribution in [-0.4, -0.2) is 44.9 Å². The Morgan fingerprint density at radius 3 is 2.78 bits per heavy atom. The molecule has 0 amide bonds. The number of aromatic amines is 1. The van der Waals surface area contributed by atoms with Crippen molar-refractivity contribution in [2.45, 2.75) is 26.1 Å². The Labute approximate surface area is 154 Å². The zero-order chi connectivity index (χ0) is 18.5. The number of hydrogen-bond donors (Lipinski definition) is 1. The van der Waals surface area contributed by atoms with Crippen molar-refractivity contribution in [1.29, 1.82) is 0 Å². The number of anilines is 1. The number of furan rings is 1. The van der Waals surface area contributed by atoms with Gasteiger partial charge in [-0.3, -0.25) is 9.89 Å². The maximum absolute atomic E-state index is 11.7. The predicted octanol–water partition coefficient (Wildman–Crippen LogP) is 2.44. The normalized spacial score (nSPS) is 20.6. The van der Waals surface area contributed by atoms with Crippen molar-refractivity contribution in [3.8, 4) is 11.5 Å². The van der Waals surface area contributed by atoms with E-state index >= 15 is 0 Å². The molecule has 2 unspecified atom stereocenters. The van der Waals surface area contributed by atoms with Gasteiger partial charge in [-0.15, -0.1) is 0 Å². The van der Waals surface area contributed by atoms with E-state index in [1.54, 1.807) is 23.0 Å². The molecular weight excluding hydrogens is 346 g/mol. The molecule has 0 spiro atoms. The Morgan fingerprint density at radius 1 is 1.15 bits per heavy atom. The standard InChI is InChI=1S/C19H19N5O3/c1-11-9-23(10-12(2)26-11)19-13-7-16(27-15(13)5-6-20-19)14-8-21-17-3-4-18(25)22-24(14)17/h3-8,11-12H,9-10H2,1-2H3,(H,22,25). The molecule has 1 aliphatic rings. The lowest BCUT2D eigenvalue weighted by Crippen LogP contribution is -2.45. The van der Waals surface area contributed by atoms with Crippen LogP contribution in [0.3, 0.4) is 0 Å². The van der Waals surface area contributed by atoms with Gasteiger partial charge in [0.15, 0.2) is 11.4 Å². The molecule has 0 radical (unpaired) electrons. The first-order chi connectivity index (χ1) is 13.1. The smallest absolute Gasteiger partial charge is 0.263 e. The van der Waals surface area contributed by atoms with Crippen LogP contribution in [0.2, 0.25) is 0 Å². The Hall–Kier alpha value is -3.13. The van der Waals surface area contributed by atoms with Gasteiger partial charge in [0.2, 0.25) is 0 Å². The summed E-state index contributed by atoms with van der Waals surface area (Å²) in [5.74, 6) is 1.51. The molecule has 5 rings (SSSR count). The van der Waals surface area contributed by atoms with Crippen LogP contribution >= 0.6 is 0 Å². The fraction of sp³-hybridized carbons (Fsp3) is 0.316. The van der Waals surface area contributed by atoms with Gasteiger partial charge in [0.05, 0.1) is 23.8 Å². The van der Waals surface area contributed by atoms with Gasteiger partial charge in [-0.2, -0.15) is 0 Å². The molecule has 138 valence electrons. The molecule has 4 aromatic heterocycles. The highest BCUT2D eigenvalue weighted by molar-refractivity contribution is 5.92. The minimum absolute atomic E-state index is 0.140. The van der Waals surface area contributed by atoms with E-state index in [2.05, 4.69) is 33.8 Å². The first-order valence-corrected chi connectivity index (χ1v) is 8.94. The summed E-state index contributed by atoms with van der Waals surface area (Å²) in [6.45, 7) is 5.69. The van der Waals surface area contributed by atoms with Crippen molar-refractivity contribution < 1.29 is 9.15 Å². The summed E-state index contributed by atoms with van der Waals surface area (Å²) in [7, 11) is 0. The van der Waals surface area contributed by atoms with Crippen molar-refractivity contribution in [3.05, 3.63) is 47.0 Å². The van der Waals surface area contributed by atoms with Gasteiger partial charge in [0.1, 0.15) is 17.1 Å². The van der Waals surface area contributed by atoms with E-state index < -0.39 is 0 Å². The van der Waals surface area contributed by atoms with Crippen LogP contribution in [0.15, 0.2) is 45.9 Å². The number of ether oxygens (including phenoxy) is 1. The van der Waals surface area contributed by atoms with E-state index in [-0.39, 0.29) is 17.8 Å². The number of imidazole rings is 1. The second-order valence-corrected chi connectivity index (χ2v) is 6.97. The fourth-order valence-electron chi connectivity index (χ4n) is 3.75. The molecule has 5 heterocycles. The second kappa shape index (κ2) is 5.95. The SMILES string of the molecule is CC1CN(c2nccc3oc(-c4cnc5ccc(=O)[nH]n45)cc23)CC(C)O1. The van der Waals surface area contributed by atoms with Gasteiger partial charge in [-0.25, -0.2) is 14.5 Å². The summed E-state index contributed by atoms with van der Waals surface area (Å²) in [4.78, 5) is 22.9. The van der Waals surface area contributed by atoms with Gasteiger partial charge in [0.25, 0.3) is 5.56 Å². The summed E-state index contributed by atoms with van der Waals surface area (Å²) < 4.78 is 13.5. The van der Waals surface area contributed by atoms with E-state index in [0.29, 0.717) is 17.1 Å². The molecule has 27 heavy (non-hydrogen) atoms. The minimum Gasteiger partial charge on any atom is -0.454 e. The number of nitrogens with one attached hydrogen (secondary N) is 1. The Balaban J connectivity index is 1.63. The molecule has 2 atom stereocenters. The third-order valence-electron chi connectivity index (χ3n) is 4.79. The average molecular weight is 365 g/mol. The van der Waals surface area contributed by atoms with Crippen molar-refractivity contribution in [1.82, 2.24) is 19.6 Å². The van der Waals surface area contributed by atoms with Crippen LogP contribution in [0.4, 0.5) is 5.82 Å². The van der Waals surface area contributed by atoms with Gasteiger partial charge in [0, 0.05) is 25.4 Å². The van der Waals surface area contributed by atoms with Crippen LogP contribution in [0.5, 0.6) is 0 Å². The third kappa shape index (κ3) is 2.69. The van der Waals surface area contributed by atoms with Gasteiger partial charge < -0.3 is 14.1 Å². The quantitative estimate of drug-likeness (QED) is 0.587. The molecular formula is C19H19N5O3. The molecule has 1 fully saturated rings. The van der Waals surface area contributed by atoms with E-state index in [1.165, 1.54) is 6.07 Å². The predicted molar refractivity (Wildman–Crippen MR) is 101 cm³/mol. The van der Waals surface area contributed by atoms with Crippen LogP contribution in [0.25, 0.3) is 28.1 Å². The first-order valence-electron chi connectivity index (χ1n) is 8.94. The lowest BCUT2D eigenvalue weighted by Gasteiger charge is -2.36. The topological polar surface area (TPSA) is 88.7 Å². The van der Waals surface area contributed by atoms with Gasteiger partial charge in [-0.1, -0.05) is 0 Å². The number of rotatable bonds is 2. The number of hydrogen-bond acceptors (Lipinski definition) is 6. The maximum atomic E-state index is 11.7. The monoisotopic (exact) mass is 365 g/mol. The van der Waals surface area contributed by atoms with Gasteiger partial charge >= 0.3 is 0 Å². The lowest BCUT2D eigenvalue weighted by atomic mass is 10.2. The van der Waals surface area contributed by atoms with Gasteiger partial charge in [-0.05, 0) is 32.0 Å². The number of pyridine rings is 1. The number of H-pyrrole nitrogens is 1. The van der Waals surface area contributed by atoms with Crippen molar-refractivity contribution in [3.63, 3.8) is 0 Å². The van der Waals surface area contributed by atoms with Crippen molar-refractivity contribution >= 4 is 22.4 Å². The molecule has 4 aromatic rings. The van der Waals surface area contributed by atoms with E-state index in [1.807, 2.05) is 12.1 Å². The summed E-state index contributed by atoms with van der Waals surface area (Å²) >= 11 is 0. The molecule has 0 aromatic carbocycles. The van der Waals surface area contributed by atoms with E-state index in [9.17, 15) is 4.79 Å². The van der Waals surface area contributed by atoms with E-state index in [0.717, 1.165) is 29.9 Å². The van der Waals surface area contributed by atoms with Crippen LogP contribution in [0.1, 0.15) is 13.8 Å². The summed E-state index contributed by atoms with van der Waals surface area (Å²) in [5.41, 5.74) is 1.89. The van der Waals surface area contributed by atoms with Crippen molar-refractivity contribution in [2.75, 3.05) is 18.0 Å². The third-order valence-corrected chi connectivity index (χ3v) is 4.79. The van der Waals surface area contributed by atoms with Crippen LogP contribution in [0, 0.1) is 0 Å². The van der Waals surface area contributed by atoms with Crippen LogP contribution in [-0.2, 0) is 4.74 Å². The first kappa shape index (κ1) is 16.1. The highest BCUT2D eigenvalue weighted by atomic mass is 16.5. The molecule has 8 heteroatoms. The second-order valence-electron chi connectivity index (χ2n) is 6.97. The Kier molecular flexibility index (Phi) is 3.54. The zero-order valence-electron chi connectivity index (χ0n) is 15.0. The molecule has 1 N–H and O–H groups in total. The largest absolute Gasteiger partial charge is 0.454 e. The number of aromatic nitrogens is 4. The molecule has 8 nitrogen and oxygen atoms in total. The lowest BCUT2D eigenvalue weighted by molar-refractivity contribution is -0.00536. The molecule has 1 aliphatic heterocycles. The number of nitrogens with zero attached hydrogens (tertiary/aromatic N) is 4. The highest BCUT2D eigenvalue weighted by Gasteiger charge is 2.25. The zero-order valence-corrected chi connectivity index (χ0v) is 15.0.